The fourth-order valence-corrected chi connectivity index (χ4v) is 1.68. The van der Waals surface area contributed by atoms with Crippen molar-refractivity contribution in [1.29, 1.82) is 0 Å². The minimum Gasteiger partial charge on any atom is -0.348 e. The monoisotopic (exact) mass is 234 g/mol. The summed E-state index contributed by atoms with van der Waals surface area (Å²) in [5.41, 5.74) is 6.95. The first-order valence-electron chi connectivity index (χ1n) is 6.17. The van der Waals surface area contributed by atoms with Gasteiger partial charge in [-0.25, -0.2) is 0 Å². The van der Waals surface area contributed by atoms with Gasteiger partial charge in [-0.1, -0.05) is 51.1 Å². The maximum absolute atomic E-state index is 11.9. The van der Waals surface area contributed by atoms with Crippen LogP contribution in [-0.4, -0.2) is 11.9 Å². The molecule has 0 radical (unpaired) electrons. The van der Waals surface area contributed by atoms with Gasteiger partial charge in [0.1, 0.15) is 0 Å². The number of nitrogens with two attached hydrogens (primary N) is 1. The molecule has 1 unspecified atom stereocenters. The van der Waals surface area contributed by atoms with E-state index in [1.54, 1.807) is 0 Å². The van der Waals surface area contributed by atoms with Crippen LogP contribution in [0, 0.1) is 5.92 Å². The summed E-state index contributed by atoms with van der Waals surface area (Å²) in [6.07, 6.45) is 0.862. The van der Waals surface area contributed by atoms with Crippen LogP contribution in [0.25, 0.3) is 0 Å². The van der Waals surface area contributed by atoms with Gasteiger partial charge < -0.3 is 11.1 Å². The summed E-state index contributed by atoms with van der Waals surface area (Å²) >= 11 is 0. The molecule has 0 aliphatic carbocycles. The second kappa shape index (κ2) is 6.40. The summed E-state index contributed by atoms with van der Waals surface area (Å²) < 4.78 is 0. The molecule has 94 valence electrons. The Balaban J connectivity index is 2.68. The number of hydrogen-bond donors (Lipinski definition) is 2. The number of hydrogen-bond acceptors (Lipinski definition) is 2. The maximum atomic E-state index is 11.9. The van der Waals surface area contributed by atoms with Crippen molar-refractivity contribution in [3.8, 4) is 0 Å². The van der Waals surface area contributed by atoms with E-state index in [4.69, 9.17) is 5.73 Å². The van der Waals surface area contributed by atoms with Gasteiger partial charge in [0, 0.05) is 0 Å². The van der Waals surface area contributed by atoms with Crippen LogP contribution >= 0.6 is 0 Å². The average Bonchev–Trinajstić information content (AvgIpc) is 2.35. The minimum absolute atomic E-state index is 0.0495. The van der Waals surface area contributed by atoms with Crippen LogP contribution in [0.1, 0.15) is 38.8 Å². The molecule has 0 saturated carbocycles. The predicted octanol–water partition coefficient (Wildman–Crippen LogP) is 2.24. The molecule has 0 bridgehead atoms. The van der Waals surface area contributed by atoms with E-state index in [9.17, 15) is 4.79 Å². The van der Waals surface area contributed by atoms with Crippen molar-refractivity contribution in [3.05, 3.63) is 35.9 Å². The average molecular weight is 234 g/mol. The molecule has 1 amide bonds. The van der Waals surface area contributed by atoms with E-state index in [1.165, 1.54) is 0 Å². The molecule has 0 spiro atoms. The smallest absolute Gasteiger partial charge is 0.237 e. The first-order valence-corrected chi connectivity index (χ1v) is 6.17. The lowest BCUT2D eigenvalue weighted by Gasteiger charge is -2.21. The van der Waals surface area contributed by atoms with Gasteiger partial charge in [0.05, 0.1) is 12.1 Å². The molecule has 0 heterocycles. The molecule has 3 N–H and O–H groups in total. The number of nitrogens with one attached hydrogen (secondary N) is 1. The standard InChI is InChI=1S/C14H22N2O/c1-4-12(11-8-6-5-7-9-11)16-14(17)13(15)10(2)3/h5-10,12-13H,4,15H2,1-3H3,(H,16,17)/t12?,13-/m1/s1. The summed E-state index contributed by atoms with van der Waals surface area (Å²) in [5, 5.41) is 3.00. The van der Waals surface area contributed by atoms with Gasteiger partial charge in [-0.05, 0) is 17.9 Å². The van der Waals surface area contributed by atoms with Crippen LogP contribution in [0.3, 0.4) is 0 Å². The highest BCUT2D eigenvalue weighted by Crippen LogP contribution is 2.16. The summed E-state index contributed by atoms with van der Waals surface area (Å²) in [4.78, 5) is 11.9. The molecule has 0 aromatic heterocycles. The zero-order valence-corrected chi connectivity index (χ0v) is 10.8. The zero-order valence-electron chi connectivity index (χ0n) is 10.8. The lowest BCUT2D eigenvalue weighted by Crippen LogP contribution is -2.45. The Morgan fingerprint density at radius 3 is 2.35 bits per heavy atom. The summed E-state index contributed by atoms with van der Waals surface area (Å²) in [5.74, 6) is 0.0824. The van der Waals surface area contributed by atoms with Crippen LogP contribution < -0.4 is 11.1 Å². The van der Waals surface area contributed by atoms with Gasteiger partial charge in [-0.3, -0.25) is 4.79 Å². The van der Waals surface area contributed by atoms with Gasteiger partial charge in [0.2, 0.25) is 5.91 Å². The van der Waals surface area contributed by atoms with Crippen molar-refractivity contribution in [1.82, 2.24) is 5.32 Å². The fraction of sp³-hybridized carbons (Fsp3) is 0.500. The molecule has 1 aromatic rings. The molecular weight excluding hydrogens is 212 g/mol. The largest absolute Gasteiger partial charge is 0.348 e. The molecular formula is C14H22N2O. The Kier molecular flexibility index (Phi) is 5.16. The third-order valence-electron chi connectivity index (χ3n) is 2.95. The van der Waals surface area contributed by atoms with Gasteiger partial charge in [0.25, 0.3) is 0 Å². The quantitative estimate of drug-likeness (QED) is 0.821. The number of rotatable bonds is 5. The van der Waals surface area contributed by atoms with Crippen molar-refractivity contribution >= 4 is 5.91 Å². The number of amides is 1. The molecule has 2 atom stereocenters. The van der Waals surface area contributed by atoms with Crippen LogP contribution in [0.5, 0.6) is 0 Å². The van der Waals surface area contributed by atoms with Gasteiger partial charge >= 0.3 is 0 Å². The molecule has 0 fully saturated rings. The fourth-order valence-electron chi connectivity index (χ4n) is 1.68. The molecule has 0 aliphatic heterocycles. The van der Waals surface area contributed by atoms with Crippen molar-refractivity contribution in [2.24, 2.45) is 11.7 Å². The topological polar surface area (TPSA) is 55.1 Å². The third kappa shape index (κ3) is 3.86. The highest BCUT2D eigenvalue weighted by molar-refractivity contribution is 5.82. The second-order valence-electron chi connectivity index (χ2n) is 4.65. The molecule has 3 nitrogen and oxygen atoms in total. The van der Waals surface area contributed by atoms with E-state index in [1.807, 2.05) is 44.2 Å². The highest BCUT2D eigenvalue weighted by atomic mass is 16.2. The predicted molar refractivity (Wildman–Crippen MR) is 70.4 cm³/mol. The van der Waals surface area contributed by atoms with Crippen molar-refractivity contribution in [2.75, 3.05) is 0 Å². The maximum Gasteiger partial charge on any atom is 0.237 e. The van der Waals surface area contributed by atoms with E-state index >= 15 is 0 Å². The van der Waals surface area contributed by atoms with Crippen LogP contribution in [0.15, 0.2) is 30.3 Å². The Morgan fingerprint density at radius 1 is 1.29 bits per heavy atom. The summed E-state index contributed by atoms with van der Waals surface area (Å²) in [7, 11) is 0. The van der Waals surface area contributed by atoms with E-state index in [0.717, 1.165) is 12.0 Å². The van der Waals surface area contributed by atoms with E-state index in [2.05, 4.69) is 12.2 Å². The van der Waals surface area contributed by atoms with Crippen molar-refractivity contribution < 1.29 is 4.79 Å². The normalized spacial score (nSPS) is 14.4. The van der Waals surface area contributed by atoms with E-state index in [0.29, 0.717) is 0 Å². The van der Waals surface area contributed by atoms with Crippen LogP contribution in [0.4, 0.5) is 0 Å². The Hall–Kier alpha value is -1.35. The first kappa shape index (κ1) is 13.7. The third-order valence-corrected chi connectivity index (χ3v) is 2.95. The zero-order chi connectivity index (χ0) is 12.8. The highest BCUT2D eigenvalue weighted by Gasteiger charge is 2.20. The number of carbonyl (C=O) groups is 1. The van der Waals surface area contributed by atoms with Crippen LogP contribution in [0.2, 0.25) is 0 Å². The Morgan fingerprint density at radius 2 is 1.88 bits per heavy atom. The summed E-state index contributed by atoms with van der Waals surface area (Å²) in [6.45, 7) is 5.96. The van der Waals surface area contributed by atoms with Gasteiger partial charge in [-0.15, -0.1) is 0 Å². The minimum atomic E-state index is -0.437. The Labute approximate surface area is 103 Å². The molecule has 1 rings (SSSR count). The van der Waals surface area contributed by atoms with Crippen molar-refractivity contribution in [3.63, 3.8) is 0 Å². The molecule has 3 heteroatoms. The molecule has 1 aromatic carbocycles. The lowest BCUT2D eigenvalue weighted by atomic mass is 10.0. The number of benzene rings is 1. The Bertz CT molecular complexity index is 348. The number of carbonyl (C=O) groups excluding carboxylic acids is 1. The first-order chi connectivity index (χ1) is 8.06. The molecule has 0 saturated heterocycles. The molecule has 17 heavy (non-hydrogen) atoms. The van der Waals surface area contributed by atoms with Crippen molar-refractivity contribution in [2.45, 2.75) is 39.3 Å². The summed E-state index contributed by atoms with van der Waals surface area (Å²) in [6, 6.07) is 9.59. The van der Waals surface area contributed by atoms with Gasteiger partial charge in [0.15, 0.2) is 0 Å². The van der Waals surface area contributed by atoms with E-state index in [-0.39, 0.29) is 17.9 Å². The van der Waals surface area contributed by atoms with Gasteiger partial charge in [-0.2, -0.15) is 0 Å². The SMILES string of the molecule is CCC(NC(=O)[C@H](N)C(C)C)c1ccccc1. The van der Waals surface area contributed by atoms with E-state index < -0.39 is 6.04 Å². The molecule has 0 aliphatic rings. The van der Waals surface area contributed by atoms with Crippen LogP contribution in [-0.2, 0) is 4.79 Å². The second-order valence-corrected chi connectivity index (χ2v) is 4.65. The lowest BCUT2D eigenvalue weighted by molar-refractivity contribution is -0.124.